The Morgan fingerprint density at radius 1 is 1.56 bits per heavy atom. The predicted molar refractivity (Wildman–Crippen MR) is 54.5 cm³/mol. The van der Waals surface area contributed by atoms with Crippen LogP contribution in [-0.2, 0) is 11.3 Å². The number of carboxylic acids is 1. The minimum Gasteiger partial charge on any atom is -0.481 e. The van der Waals surface area contributed by atoms with Crippen molar-refractivity contribution in [1.82, 2.24) is 25.2 Å². The maximum absolute atomic E-state index is 10.3. The molecule has 2 aromatic heterocycles. The molecule has 84 valence electrons. The lowest BCUT2D eigenvalue weighted by molar-refractivity contribution is -0.137. The Hall–Kier alpha value is -2.18. The van der Waals surface area contributed by atoms with E-state index in [1.54, 1.807) is 23.1 Å². The largest absolute Gasteiger partial charge is 0.481 e. The van der Waals surface area contributed by atoms with Gasteiger partial charge in [-0.15, -0.1) is 5.10 Å². The lowest BCUT2D eigenvalue weighted by atomic mass is 10.3. The maximum Gasteiger partial charge on any atom is 0.303 e. The summed E-state index contributed by atoms with van der Waals surface area (Å²) in [5, 5.41) is 22.9. The van der Waals surface area contributed by atoms with E-state index in [0.717, 1.165) is 5.69 Å². The number of hydrogen-bond acceptors (Lipinski definition) is 4. The van der Waals surface area contributed by atoms with Gasteiger partial charge in [0, 0.05) is 19.2 Å². The van der Waals surface area contributed by atoms with E-state index < -0.39 is 5.97 Å². The summed E-state index contributed by atoms with van der Waals surface area (Å²) in [4.78, 5) is 10.3. The molecule has 7 heteroatoms. The lowest BCUT2D eigenvalue weighted by Gasteiger charge is -1.96. The number of carbonyl (C=O) groups is 1. The van der Waals surface area contributed by atoms with Crippen LogP contribution in [0.4, 0.5) is 0 Å². The van der Waals surface area contributed by atoms with Crippen LogP contribution in [0.3, 0.4) is 0 Å². The fraction of sp³-hybridized carbons (Fsp3) is 0.333. The highest BCUT2D eigenvalue weighted by atomic mass is 16.4. The monoisotopic (exact) mass is 221 g/mol. The molecule has 2 heterocycles. The molecule has 0 aromatic carbocycles. The number of aliphatic carboxylic acids is 1. The summed E-state index contributed by atoms with van der Waals surface area (Å²) in [6.07, 6.45) is 4.08. The number of rotatable bonds is 5. The van der Waals surface area contributed by atoms with Crippen molar-refractivity contribution in [2.45, 2.75) is 19.4 Å². The number of aromatic nitrogens is 5. The molecule has 0 amide bonds. The summed E-state index contributed by atoms with van der Waals surface area (Å²) in [6.45, 7) is 0.549. The molecule has 2 N–H and O–H groups in total. The van der Waals surface area contributed by atoms with E-state index in [4.69, 9.17) is 5.11 Å². The summed E-state index contributed by atoms with van der Waals surface area (Å²) in [5.41, 5.74) is 1.50. The summed E-state index contributed by atoms with van der Waals surface area (Å²) < 4.78 is 1.62. The normalized spacial score (nSPS) is 10.5. The Labute approximate surface area is 91.1 Å². The van der Waals surface area contributed by atoms with Crippen LogP contribution in [0.5, 0.6) is 0 Å². The van der Waals surface area contributed by atoms with Crippen LogP contribution < -0.4 is 0 Å². The van der Waals surface area contributed by atoms with Gasteiger partial charge in [-0.1, -0.05) is 5.21 Å². The molecule has 7 nitrogen and oxygen atoms in total. The summed E-state index contributed by atoms with van der Waals surface area (Å²) in [6, 6.07) is 1.80. The van der Waals surface area contributed by atoms with Crippen LogP contribution >= 0.6 is 0 Å². The summed E-state index contributed by atoms with van der Waals surface area (Å²) in [7, 11) is 0. The van der Waals surface area contributed by atoms with E-state index in [-0.39, 0.29) is 6.42 Å². The first-order valence-electron chi connectivity index (χ1n) is 4.87. The molecule has 0 saturated carbocycles. The fourth-order valence-electron chi connectivity index (χ4n) is 1.32. The van der Waals surface area contributed by atoms with Crippen molar-refractivity contribution < 1.29 is 9.90 Å². The van der Waals surface area contributed by atoms with E-state index in [9.17, 15) is 4.79 Å². The van der Waals surface area contributed by atoms with Gasteiger partial charge >= 0.3 is 5.97 Å². The smallest absolute Gasteiger partial charge is 0.303 e. The van der Waals surface area contributed by atoms with E-state index in [0.29, 0.717) is 18.7 Å². The van der Waals surface area contributed by atoms with Crippen molar-refractivity contribution >= 4 is 5.97 Å². The molecule has 0 aliphatic heterocycles. The number of aromatic amines is 1. The molecular weight excluding hydrogens is 210 g/mol. The quantitative estimate of drug-likeness (QED) is 0.767. The minimum atomic E-state index is -0.797. The standard InChI is InChI=1S/C9H11N5O2/c15-9(16)2-1-5-14-6-8(12-13-14)7-3-4-10-11-7/h3-4,6H,1-2,5H2,(H,10,11)(H,15,16). The van der Waals surface area contributed by atoms with Crippen molar-refractivity contribution in [3.05, 3.63) is 18.5 Å². The molecule has 0 bridgehead atoms. The number of hydrogen-bond donors (Lipinski definition) is 2. The highest BCUT2D eigenvalue weighted by Crippen LogP contribution is 2.11. The number of carboxylic acid groups (broad SMARTS) is 1. The first-order chi connectivity index (χ1) is 7.75. The van der Waals surface area contributed by atoms with Crippen molar-refractivity contribution in [3.8, 4) is 11.4 Å². The second-order valence-electron chi connectivity index (χ2n) is 3.33. The summed E-state index contributed by atoms with van der Waals surface area (Å²) >= 11 is 0. The van der Waals surface area contributed by atoms with Crippen LogP contribution in [0.15, 0.2) is 18.5 Å². The number of H-pyrrole nitrogens is 1. The maximum atomic E-state index is 10.3. The molecule has 16 heavy (non-hydrogen) atoms. The van der Waals surface area contributed by atoms with Crippen molar-refractivity contribution in [2.75, 3.05) is 0 Å². The van der Waals surface area contributed by atoms with Gasteiger partial charge in [0.1, 0.15) is 5.69 Å². The molecule has 0 saturated heterocycles. The first kappa shape index (κ1) is 10.3. The van der Waals surface area contributed by atoms with Gasteiger partial charge in [-0.25, -0.2) is 0 Å². The van der Waals surface area contributed by atoms with Crippen LogP contribution in [0.25, 0.3) is 11.4 Å². The van der Waals surface area contributed by atoms with Gasteiger partial charge in [0.15, 0.2) is 0 Å². The minimum absolute atomic E-state index is 0.138. The van der Waals surface area contributed by atoms with Crippen LogP contribution in [-0.4, -0.2) is 36.3 Å². The Morgan fingerprint density at radius 3 is 3.12 bits per heavy atom. The Kier molecular flexibility index (Phi) is 2.95. The highest BCUT2D eigenvalue weighted by Gasteiger charge is 2.05. The average molecular weight is 221 g/mol. The highest BCUT2D eigenvalue weighted by molar-refractivity contribution is 5.66. The second kappa shape index (κ2) is 4.56. The van der Waals surface area contributed by atoms with Crippen LogP contribution in [0.2, 0.25) is 0 Å². The van der Waals surface area contributed by atoms with Gasteiger partial charge in [0.2, 0.25) is 0 Å². The number of aryl methyl sites for hydroxylation is 1. The SMILES string of the molecule is O=C(O)CCCn1cc(-c2ccn[nH]2)nn1. The van der Waals surface area contributed by atoms with Crippen LogP contribution in [0.1, 0.15) is 12.8 Å². The van der Waals surface area contributed by atoms with E-state index in [1.807, 2.05) is 0 Å². The Balaban J connectivity index is 1.95. The van der Waals surface area contributed by atoms with E-state index >= 15 is 0 Å². The van der Waals surface area contributed by atoms with Gasteiger partial charge in [0.25, 0.3) is 0 Å². The van der Waals surface area contributed by atoms with Crippen molar-refractivity contribution in [2.24, 2.45) is 0 Å². The third-order valence-electron chi connectivity index (χ3n) is 2.09. The third-order valence-corrected chi connectivity index (χ3v) is 2.09. The topological polar surface area (TPSA) is 96.7 Å². The predicted octanol–water partition coefficient (Wildman–Crippen LogP) is 0.533. The second-order valence-corrected chi connectivity index (χ2v) is 3.33. The zero-order valence-electron chi connectivity index (χ0n) is 8.50. The number of nitrogens with one attached hydrogen (secondary N) is 1. The average Bonchev–Trinajstić information content (AvgIpc) is 2.85. The van der Waals surface area contributed by atoms with Gasteiger partial charge < -0.3 is 5.11 Å². The molecule has 0 aliphatic rings. The summed E-state index contributed by atoms with van der Waals surface area (Å²) in [5.74, 6) is -0.797. The molecule has 0 fully saturated rings. The van der Waals surface area contributed by atoms with Gasteiger partial charge in [-0.2, -0.15) is 5.10 Å². The van der Waals surface area contributed by atoms with Crippen molar-refractivity contribution in [3.63, 3.8) is 0 Å². The molecule has 0 aliphatic carbocycles. The van der Waals surface area contributed by atoms with E-state index in [1.165, 1.54) is 0 Å². The zero-order valence-corrected chi connectivity index (χ0v) is 8.50. The zero-order chi connectivity index (χ0) is 11.4. The lowest BCUT2D eigenvalue weighted by Crippen LogP contribution is -2.02. The van der Waals surface area contributed by atoms with Gasteiger partial charge in [-0.05, 0) is 12.5 Å². The Bertz CT molecular complexity index is 462. The molecule has 0 atom stereocenters. The number of nitrogens with zero attached hydrogens (tertiary/aromatic N) is 4. The van der Waals surface area contributed by atoms with Crippen LogP contribution in [0, 0.1) is 0 Å². The molecule has 0 spiro atoms. The molecule has 0 radical (unpaired) electrons. The van der Waals surface area contributed by atoms with Crippen molar-refractivity contribution in [1.29, 1.82) is 0 Å². The third kappa shape index (κ3) is 2.44. The van der Waals surface area contributed by atoms with E-state index in [2.05, 4.69) is 20.5 Å². The Morgan fingerprint density at radius 2 is 2.44 bits per heavy atom. The molecular formula is C9H11N5O2. The fourth-order valence-corrected chi connectivity index (χ4v) is 1.32. The molecule has 0 unspecified atom stereocenters. The van der Waals surface area contributed by atoms with Gasteiger partial charge in [0.05, 0.1) is 11.9 Å². The molecule has 2 aromatic rings. The molecule has 2 rings (SSSR count). The first-order valence-corrected chi connectivity index (χ1v) is 4.87. The van der Waals surface area contributed by atoms with Gasteiger partial charge in [-0.3, -0.25) is 14.6 Å².